The zero-order chi connectivity index (χ0) is 19.2. The van der Waals surface area contributed by atoms with Crippen molar-refractivity contribution in [3.63, 3.8) is 0 Å². The second-order valence-corrected chi connectivity index (χ2v) is 8.55. The van der Waals surface area contributed by atoms with E-state index in [9.17, 15) is 13.2 Å². The molecule has 1 aliphatic rings. The van der Waals surface area contributed by atoms with Gasteiger partial charge in [-0.2, -0.15) is 0 Å². The van der Waals surface area contributed by atoms with Gasteiger partial charge >= 0.3 is 0 Å². The fourth-order valence-electron chi connectivity index (χ4n) is 3.28. The predicted octanol–water partition coefficient (Wildman–Crippen LogP) is 2.60. The zero-order valence-corrected chi connectivity index (χ0v) is 16.9. The van der Waals surface area contributed by atoms with Crippen molar-refractivity contribution in [2.24, 2.45) is 0 Å². The molecule has 1 fully saturated rings. The maximum absolute atomic E-state index is 12.5. The number of hydrogen-bond donors (Lipinski definition) is 1. The molecule has 1 aliphatic heterocycles. The van der Waals surface area contributed by atoms with Gasteiger partial charge in [-0.05, 0) is 70.1 Å². The summed E-state index contributed by atoms with van der Waals surface area (Å²) in [7, 11) is -3.54. The summed E-state index contributed by atoms with van der Waals surface area (Å²) >= 11 is 0. The van der Waals surface area contributed by atoms with Crippen LogP contribution < -0.4 is 9.62 Å². The fraction of sp³-hybridized carbons (Fsp3) is 0.632. The molecule has 1 heterocycles. The van der Waals surface area contributed by atoms with Crippen LogP contribution in [0.15, 0.2) is 29.2 Å². The Morgan fingerprint density at radius 1 is 1.19 bits per heavy atom. The molecule has 26 heavy (non-hydrogen) atoms. The highest BCUT2D eigenvalue weighted by molar-refractivity contribution is 7.89. The Labute approximate surface area is 157 Å². The topological polar surface area (TPSA) is 69.7 Å². The van der Waals surface area contributed by atoms with Gasteiger partial charge in [0.2, 0.25) is 15.9 Å². The van der Waals surface area contributed by atoms with Crippen LogP contribution in [0.4, 0.5) is 5.69 Å². The van der Waals surface area contributed by atoms with Gasteiger partial charge in [-0.3, -0.25) is 4.79 Å². The van der Waals surface area contributed by atoms with Crippen LogP contribution in [0.3, 0.4) is 0 Å². The molecule has 1 amide bonds. The normalized spacial score (nSPS) is 16.5. The van der Waals surface area contributed by atoms with Crippen LogP contribution >= 0.6 is 0 Å². The third-order valence-corrected chi connectivity index (χ3v) is 6.50. The summed E-state index contributed by atoms with van der Waals surface area (Å²) in [6.07, 6.45) is 3.18. The van der Waals surface area contributed by atoms with Crippen molar-refractivity contribution in [3.8, 4) is 0 Å². The van der Waals surface area contributed by atoms with Crippen molar-refractivity contribution in [1.82, 2.24) is 9.62 Å². The Bertz CT molecular complexity index is 684. The van der Waals surface area contributed by atoms with Crippen LogP contribution in [-0.4, -0.2) is 51.4 Å². The number of carbonyl (C=O) groups is 1. The molecule has 1 aromatic rings. The lowest BCUT2D eigenvalue weighted by molar-refractivity contribution is -0.117. The van der Waals surface area contributed by atoms with Crippen molar-refractivity contribution in [2.75, 3.05) is 31.1 Å². The van der Waals surface area contributed by atoms with E-state index < -0.39 is 10.0 Å². The number of carbonyl (C=O) groups excluding carboxylic acids is 1. The lowest BCUT2D eigenvalue weighted by Crippen LogP contribution is -2.33. The van der Waals surface area contributed by atoms with E-state index in [2.05, 4.69) is 23.5 Å². The van der Waals surface area contributed by atoms with Gasteiger partial charge in [0.15, 0.2) is 0 Å². The number of hydrogen-bond acceptors (Lipinski definition) is 4. The lowest BCUT2D eigenvalue weighted by Gasteiger charge is -2.20. The van der Waals surface area contributed by atoms with Crippen molar-refractivity contribution in [1.29, 1.82) is 0 Å². The SMILES string of the molecule is CCN(CC)CCC[C@@H](C)NS(=O)(=O)c1ccc(N2CCCC2=O)cc1. The minimum absolute atomic E-state index is 0.0977. The second-order valence-electron chi connectivity index (χ2n) is 6.83. The highest BCUT2D eigenvalue weighted by atomic mass is 32.2. The Morgan fingerprint density at radius 3 is 2.38 bits per heavy atom. The minimum Gasteiger partial charge on any atom is -0.312 e. The summed E-state index contributed by atoms with van der Waals surface area (Å²) in [5.74, 6) is 0.0977. The molecule has 0 radical (unpaired) electrons. The third-order valence-electron chi connectivity index (χ3n) is 4.89. The van der Waals surface area contributed by atoms with Gasteiger partial charge in [0.05, 0.1) is 4.90 Å². The first kappa shape index (κ1) is 20.9. The highest BCUT2D eigenvalue weighted by Gasteiger charge is 2.23. The van der Waals surface area contributed by atoms with Crippen molar-refractivity contribution >= 4 is 21.6 Å². The molecule has 0 bridgehead atoms. The summed E-state index contributed by atoms with van der Waals surface area (Å²) in [5.41, 5.74) is 0.763. The molecular weight excluding hydrogens is 350 g/mol. The molecule has 0 saturated carbocycles. The van der Waals surface area contributed by atoms with E-state index in [1.54, 1.807) is 29.2 Å². The van der Waals surface area contributed by atoms with Gasteiger partial charge in [-0.25, -0.2) is 13.1 Å². The molecule has 7 heteroatoms. The van der Waals surface area contributed by atoms with Gasteiger partial charge in [0.1, 0.15) is 0 Å². The standard InChI is InChI=1S/C19H31N3O3S/c1-4-21(5-2)14-6-8-16(3)20-26(24,25)18-12-10-17(11-13-18)22-15-7-9-19(22)23/h10-13,16,20H,4-9,14-15H2,1-3H3/t16-/m1/s1. The average molecular weight is 382 g/mol. The summed E-state index contributed by atoms with van der Waals surface area (Å²) in [6, 6.07) is 6.46. The van der Waals surface area contributed by atoms with E-state index in [-0.39, 0.29) is 16.8 Å². The monoisotopic (exact) mass is 381 g/mol. The maximum atomic E-state index is 12.5. The van der Waals surface area contributed by atoms with Gasteiger partial charge in [-0.15, -0.1) is 0 Å². The minimum atomic E-state index is -3.54. The van der Waals surface area contributed by atoms with E-state index in [1.807, 2.05) is 6.92 Å². The predicted molar refractivity (Wildman–Crippen MR) is 105 cm³/mol. The van der Waals surface area contributed by atoms with E-state index in [1.165, 1.54) is 0 Å². The van der Waals surface area contributed by atoms with E-state index in [0.29, 0.717) is 13.0 Å². The van der Waals surface area contributed by atoms with Crippen LogP contribution in [0.1, 0.15) is 46.5 Å². The molecule has 0 aromatic heterocycles. The molecule has 0 aliphatic carbocycles. The van der Waals surface area contributed by atoms with Crippen LogP contribution in [0.25, 0.3) is 0 Å². The summed E-state index contributed by atoms with van der Waals surface area (Å²) in [6.45, 7) is 9.89. The van der Waals surface area contributed by atoms with Crippen molar-refractivity contribution < 1.29 is 13.2 Å². The number of benzene rings is 1. The maximum Gasteiger partial charge on any atom is 0.240 e. The average Bonchev–Trinajstić information content (AvgIpc) is 3.04. The summed E-state index contributed by atoms with van der Waals surface area (Å²) in [4.78, 5) is 16.1. The van der Waals surface area contributed by atoms with E-state index in [0.717, 1.165) is 44.6 Å². The molecule has 0 spiro atoms. The Balaban J connectivity index is 1.91. The number of rotatable bonds is 10. The van der Waals surface area contributed by atoms with Gasteiger partial charge in [0, 0.05) is 24.7 Å². The molecule has 1 aromatic carbocycles. The molecule has 2 rings (SSSR count). The molecule has 1 saturated heterocycles. The summed E-state index contributed by atoms with van der Waals surface area (Å²) < 4.78 is 27.8. The van der Waals surface area contributed by atoms with Gasteiger partial charge in [0.25, 0.3) is 0 Å². The second kappa shape index (κ2) is 9.48. The lowest BCUT2D eigenvalue weighted by atomic mass is 10.2. The highest BCUT2D eigenvalue weighted by Crippen LogP contribution is 2.23. The van der Waals surface area contributed by atoms with E-state index in [4.69, 9.17) is 0 Å². The fourth-order valence-corrected chi connectivity index (χ4v) is 4.56. The quantitative estimate of drug-likeness (QED) is 0.676. The van der Waals surface area contributed by atoms with Crippen LogP contribution in [0.5, 0.6) is 0 Å². The van der Waals surface area contributed by atoms with Crippen molar-refractivity contribution in [2.45, 2.75) is 57.4 Å². The van der Waals surface area contributed by atoms with Gasteiger partial charge < -0.3 is 9.80 Å². The number of nitrogens with zero attached hydrogens (tertiary/aromatic N) is 2. The smallest absolute Gasteiger partial charge is 0.240 e. The number of amides is 1. The first-order chi connectivity index (χ1) is 12.4. The Morgan fingerprint density at radius 2 is 1.85 bits per heavy atom. The van der Waals surface area contributed by atoms with Gasteiger partial charge in [-0.1, -0.05) is 13.8 Å². The summed E-state index contributed by atoms with van der Waals surface area (Å²) in [5, 5.41) is 0. The largest absolute Gasteiger partial charge is 0.312 e. The zero-order valence-electron chi connectivity index (χ0n) is 16.1. The molecule has 1 atom stereocenters. The Hall–Kier alpha value is -1.44. The number of nitrogens with one attached hydrogen (secondary N) is 1. The molecule has 146 valence electrons. The molecular formula is C19H31N3O3S. The third kappa shape index (κ3) is 5.53. The molecule has 6 nitrogen and oxygen atoms in total. The van der Waals surface area contributed by atoms with Crippen LogP contribution in [-0.2, 0) is 14.8 Å². The van der Waals surface area contributed by atoms with Crippen LogP contribution in [0.2, 0.25) is 0 Å². The van der Waals surface area contributed by atoms with Crippen molar-refractivity contribution in [3.05, 3.63) is 24.3 Å². The first-order valence-corrected chi connectivity index (χ1v) is 11.0. The van der Waals surface area contributed by atoms with E-state index >= 15 is 0 Å². The first-order valence-electron chi connectivity index (χ1n) is 9.52. The Kier molecular flexibility index (Phi) is 7.61. The molecule has 0 unspecified atom stereocenters. The number of sulfonamides is 1. The number of anilines is 1. The van der Waals surface area contributed by atoms with Crippen LogP contribution in [0, 0.1) is 0 Å². The molecule has 1 N–H and O–H groups in total.